The third-order valence-corrected chi connectivity index (χ3v) is 4.00. The highest BCUT2D eigenvalue weighted by Gasteiger charge is 2.44. The Morgan fingerprint density at radius 2 is 2.11 bits per heavy atom. The molecular formula is C14H23N3O2. The lowest BCUT2D eigenvalue weighted by molar-refractivity contribution is -0.140. The number of amides is 2. The van der Waals surface area contributed by atoms with Crippen molar-refractivity contribution in [1.82, 2.24) is 10.2 Å². The standard InChI is InChI=1S/C14H23N3O2/c1-5-14(10-15,16-4)7-6-8-17-11(18)9-13(2,3)12(17)19/h16H,5-9H2,1-4H3. The van der Waals surface area contributed by atoms with Gasteiger partial charge in [-0.15, -0.1) is 0 Å². The lowest BCUT2D eigenvalue weighted by Gasteiger charge is -2.25. The highest BCUT2D eigenvalue weighted by atomic mass is 16.2. The number of hydrogen-bond donors (Lipinski definition) is 1. The molecule has 2 amide bonds. The van der Waals surface area contributed by atoms with E-state index in [1.165, 1.54) is 4.90 Å². The molecule has 0 aromatic rings. The Morgan fingerprint density at radius 3 is 2.47 bits per heavy atom. The monoisotopic (exact) mass is 265 g/mol. The zero-order valence-corrected chi connectivity index (χ0v) is 12.2. The zero-order chi connectivity index (χ0) is 14.7. The molecule has 0 aromatic carbocycles. The van der Waals surface area contributed by atoms with Gasteiger partial charge < -0.3 is 5.32 Å². The average molecular weight is 265 g/mol. The fourth-order valence-corrected chi connectivity index (χ4v) is 2.46. The first-order chi connectivity index (χ1) is 8.82. The van der Waals surface area contributed by atoms with Gasteiger partial charge in [0.05, 0.1) is 11.5 Å². The van der Waals surface area contributed by atoms with Crippen LogP contribution in [0.15, 0.2) is 0 Å². The Kier molecular flexibility index (Phi) is 4.70. The molecule has 1 N–H and O–H groups in total. The van der Waals surface area contributed by atoms with Crippen molar-refractivity contribution in [2.45, 2.75) is 52.0 Å². The molecule has 1 aliphatic heterocycles. The number of rotatable bonds is 6. The summed E-state index contributed by atoms with van der Waals surface area (Å²) in [5.41, 5.74) is -1.13. The number of carbonyl (C=O) groups excluding carboxylic acids is 2. The molecule has 0 radical (unpaired) electrons. The molecule has 0 bridgehead atoms. The zero-order valence-electron chi connectivity index (χ0n) is 12.2. The van der Waals surface area contributed by atoms with Crippen molar-refractivity contribution >= 4 is 11.8 Å². The van der Waals surface area contributed by atoms with Gasteiger partial charge in [-0.3, -0.25) is 14.5 Å². The van der Waals surface area contributed by atoms with E-state index < -0.39 is 11.0 Å². The minimum absolute atomic E-state index is 0.0963. The molecule has 106 valence electrons. The maximum Gasteiger partial charge on any atom is 0.235 e. The maximum atomic E-state index is 12.0. The molecule has 5 nitrogen and oxygen atoms in total. The minimum atomic E-state index is -0.572. The second-order valence-corrected chi connectivity index (χ2v) is 5.81. The Morgan fingerprint density at radius 1 is 1.47 bits per heavy atom. The van der Waals surface area contributed by atoms with Crippen LogP contribution < -0.4 is 5.32 Å². The number of carbonyl (C=O) groups is 2. The summed E-state index contributed by atoms with van der Waals surface area (Å²) in [6.45, 7) is 5.96. The van der Waals surface area contributed by atoms with Gasteiger partial charge in [0, 0.05) is 13.0 Å². The third kappa shape index (κ3) is 3.13. The molecule has 1 saturated heterocycles. The molecule has 1 unspecified atom stereocenters. The summed E-state index contributed by atoms with van der Waals surface area (Å²) in [5, 5.41) is 12.2. The minimum Gasteiger partial charge on any atom is -0.302 e. The van der Waals surface area contributed by atoms with Gasteiger partial charge >= 0.3 is 0 Å². The molecule has 0 saturated carbocycles. The summed E-state index contributed by atoms with van der Waals surface area (Å²) >= 11 is 0. The first kappa shape index (κ1) is 15.6. The van der Waals surface area contributed by atoms with E-state index >= 15 is 0 Å². The fourth-order valence-electron chi connectivity index (χ4n) is 2.46. The van der Waals surface area contributed by atoms with Crippen molar-refractivity contribution < 1.29 is 9.59 Å². The summed E-state index contributed by atoms with van der Waals surface area (Å²) in [4.78, 5) is 25.2. The Labute approximate surface area is 115 Å². The normalized spacial score (nSPS) is 21.3. The van der Waals surface area contributed by atoms with Gasteiger partial charge in [0.25, 0.3) is 0 Å². The number of nitriles is 1. The second kappa shape index (κ2) is 5.70. The van der Waals surface area contributed by atoms with Crippen LogP contribution in [0.5, 0.6) is 0 Å². The van der Waals surface area contributed by atoms with Crippen molar-refractivity contribution in [3.8, 4) is 6.07 Å². The lowest BCUT2D eigenvalue weighted by Crippen LogP contribution is -2.42. The smallest absolute Gasteiger partial charge is 0.235 e. The molecule has 1 aliphatic rings. The molecular weight excluding hydrogens is 242 g/mol. The predicted octanol–water partition coefficient (Wildman–Crippen LogP) is 1.44. The van der Waals surface area contributed by atoms with Crippen molar-refractivity contribution in [3.63, 3.8) is 0 Å². The number of likely N-dealkylation sites (tertiary alicyclic amines) is 1. The lowest BCUT2D eigenvalue weighted by atomic mass is 9.91. The highest BCUT2D eigenvalue weighted by molar-refractivity contribution is 6.05. The molecule has 1 heterocycles. The van der Waals surface area contributed by atoms with Gasteiger partial charge in [0.15, 0.2) is 0 Å². The number of hydrogen-bond acceptors (Lipinski definition) is 4. The third-order valence-electron chi connectivity index (χ3n) is 4.00. The average Bonchev–Trinajstić information content (AvgIpc) is 2.57. The SMILES string of the molecule is CCC(C#N)(CCCN1C(=O)CC(C)(C)C1=O)NC. The van der Waals surface area contributed by atoms with Crippen LogP contribution >= 0.6 is 0 Å². The van der Waals surface area contributed by atoms with Crippen molar-refractivity contribution in [2.24, 2.45) is 5.41 Å². The Bertz CT molecular complexity index is 405. The van der Waals surface area contributed by atoms with E-state index in [1.54, 1.807) is 20.9 Å². The maximum absolute atomic E-state index is 12.0. The summed E-state index contributed by atoms with van der Waals surface area (Å²) < 4.78 is 0. The number of imide groups is 1. The Hall–Kier alpha value is -1.41. The van der Waals surface area contributed by atoms with E-state index in [0.717, 1.165) is 0 Å². The van der Waals surface area contributed by atoms with Crippen molar-refractivity contribution in [3.05, 3.63) is 0 Å². The predicted molar refractivity (Wildman–Crippen MR) is 72.0 cm³/mol. The molecule has 5 heteroatoms. The van der Waals surface area contributed by atoms with Crippen LogP contribution in [0, 0.1) is 16.7 Å². The molecule has 1 fully saturated rings. The molecule has 1 rings (SSSR count). The van der Waals surface area contributed by atoms with Crippen molar-refractivity contribution in [2.75, 3.05) is 13.6 Å². The fraction of sp³-hybridized carbons (Fsp3) is 0.786. The molecule has 0 spiro atoms. The van der Waals surface area contributed by atoms with Crippen molar-refractivity contribution in [1.29, 1.82) is 5.26 Å². The number of nitrogens with zero attached hydrogens (tertiary/aromatic N) is 2. The van der Waals surface area contributed by atoms with E-state index in [0.29, 0.717) is 25.8 Å². The topological polar surface area (TPSA) is 73.2 Å². The molecule has 1 atom stereocenters. The summed E-state index contributed by atoms with van der Waals surface area (Å²) in [6, 6.07) is 2.28. The van der Waals surface area contributed by atoms with Crippen LogP contribution in [0.25, 0.3) is 0 Å². The van der Waals surface area contributed by atoms with E-state index in [-0.39, 0.29) is 18.2 Å². The van der Waals surface area contributed by atoms with Crippen LogP contribution in [0.3, 0.4) is 0 Å². The molecule has 0 aromatic heterocycles. The van der Waals surface area contributed by atoms with Gasteiger partial charge in [0.2, 0.25) is 11.8 Å². The van der Waals surface area contributed by atoms with Gasteiger partial charge in [-0.05, 0) is 26.3 Å². The van der Waals surface area contributed by atoms with Crippen LogP contribution in [-0.2, 0) is 9.59 Å². The van der Waals surface area contributed by atoms with Gasteiger partial charge in [-0.25, -0.2) is 0 Å². The summed E-state index contributed by atoms with van der Waals surface area (Å²) in [7, 11) is 1.77. The van der Waals surface area contributed by atoms with Crippen LogP contribution in [0.4, 0.5) is 0 Å². The van der Waals surface area contributed by atoms with E-state index in [4.69, 9.17) is 0 Å². The number of nitrogens with one attached hydrogen (secondary N) is 1. The van der Waals surface area contributed by atoms with Crippen LogP contribution in [-0.4, -0.2) is 35.8 Å². The summed E-state index contributed by atoms with van der Waals surface area (Å²) in [5.74, 6) is -0.195. The van der Waals surface area contributed by atoms with Gasteiger partial charge in [-0.1, -0.05) is 20.8 Å². The highest BCUT2D eigenvalue weighted by Crippen LogP contribution is 2.32. The van der Waals surface area contributed by atoms with E-state index in [9.17, 15) is 14.9 Å². The first-order valence-electron chi connectivity index (χ1n) is 6.77. The first-order valence-corrected chi connectivity index (χ1v) is 6.77. The second-order valence-electron chi connectivity index (χ2n) is 5.81. The summed E-state index contributed by atoms with van der Waals surface area (Å²) in [6.07, 6.45) is 2.27. The molecule has 0 aliphatic carbocycles. The molecule has 19 heavy (non-hydrogen) atoms. The van der Waals surface area contributed by atoms with Gasteiger partial charge in [-0.2, -0.15) is 5.26 Å². The van der Waals surface area contributed by atoms with E-state index in [1.807, 2.05) is 6.92 Å². The quantitative estimate of drug-likeness (QED) is 0.738. The van der Waals surface area contributed by atoms with E-state index in [2.05, 4.69) is 11.4 Å². The Balaban J connectivity index is 2.57. The van der Waals surface area contributed by atoms with Crippen LogP contribution in [0.2, 0.25) is 0 Å². The van der Waals surface area contributed by atoms with Gasteiger partial charge in [0.1, 0.15) is 5.54 Å². The largest absolute Gasteiger partial charge is 0.302 e. The van der Waals surface area contributed by atoms with Crippen LogP contribution in [0.1, 0.15) is 46.5 Å².